The Morgan fingerprint density at radius 3 is 2.37 bits per heavy atom. The van der Waals surface area contributed by atoms with Gasteiger partial charge < -0.3 is 19.7 Å². The smallest absolute Gasteiger partial charge is 0.262 e. The molecular formula is C26H29N3O5S. The van der Waals surface area contributed by atoms with Crippen LogP contribution in [0.15, 0.2) is 77.7 Å². The van der Waals surface area contributed by atoms with Crippen molar-refractivity contribution in [1.82, 2.24) is 5.32 Å². The molecule has 1 aliphatic heterocycles. The SMILES string of the molecule is CC(CNC(=O)c1ccc(NS(=O)(=O)c2ccc3c(c2)OCCCO3)cc1)N(C)c1ccccc1. The zero-order chi connectivity index (χ0) is 24.8. The summed E-state index contributed by atoms with van der Waals surface area (Å²) in [5, 5.41) is 2.93. The zero-order valence-electron chi connectivity index (χ0n) is 19.7. The number of anilines is 2. The second-order valence-corrected chi connectivity index (χ2v) is 10.0. The Morgan fingerprint density at radius 1 is 0.971 bits per heavy atom. The van der Waals surface area contributed by atoms with Gasteiger partial charge in [-0.05, 0) is 55.5 Å². The first-order valence-electron chi connectivity index (χ1n) is 11.4. The lowest BCUT2D eigenvalue weighted by molar-refractivity contribution is 0.0951. The summed E-state index contributed by atoms with van der Waals surface area (Å²) in [5.74, 6) is 0.709. The lowest BCUT2D eigenvalue weighted by Gasteiger charge is -2.27. The Hall–Kier alpha value is -3.72. The van der Waals surface area contributed by atoms with E-state index in [1.165, 1.54) is 12.1 Å². The molecule has 3 aromatic rings. The average Bonchev–Trinajstić information content (AvgIpc) is 3.12. The van der Waals surface area contributed by atoms with E-state index < -0.39 is 10.0 Å². The van der Waals surface area contributed by atoms with Crippen LogP contribution in [0.25, 0.3) is 0 Å². The Balaban J connectivity index is 1.36. The molecule has 1 atom stereocenters. The van der Waals surface area contributed by atoms with E-state index in [1.807, 2.05) is 44.3 Å². The number of ether oxygens (including phenoxy) is 2. The number of nitrogens with zero attached hydrogens (tertiary/aromatic N) is 1. The molecule has 0 spiro atoms. The van der Waals surface area contributed by atoms with E-state index in [0.717, 1.165) is 12.1 Å². The van der Waals surface area contributed by atoms with Crippen molar-refractivity contribution >= 4 is 27.3 Å². The van der Waals surface area contributed by atoms with Crippen LogP contribution < -0.4 is 24.4 Å². The molecule has 9 heteroatoms. The lowest BCUT2D eigenvalue weighted by atomic mass is 10.2. The van der Waals surface area contributed by atoms with Gasteiger partial charge in [-0.3, -0.25) is 9.52 Å². The average molecular weight is 496 g/mol. The second-order valence-electron chi connectivity index (χ2n) is 8.35. The molecule has 0 saturated carbocycles. The third-order valence-electron chi connectivity index (χ3n) is 5.81. The molecule has 1 heterocycles. The molecule has 8 nitrogen and oxygen atoms in total. The molecule has 0 aromatic heterocycles. The molecule has 0 bridgehead atoms. The fraction of sp³-hybridized carbons (Fsp3) is 0.269. The maximum absolute atomic E-state index is 12.9. The van der Waals surface area contributed by atoms with Crippen LogP contribution in [0, 0.1) is 0 Å². The number of likely N-dealkylation sites (N-methyl/N-ethyl adjacent to an activating group) is 1. The number of para-hydroxylation sites is 1. The number of rotatable bonds is 8. The monoisotopic (exact) mass is 495 g/mol. The summed E-state index contributed by atoms with van der Waals surface area (Å²) in [6.07, 6.45) is 0.734. The van der Waals surface area contributed by atoms with Gasteiger partial charge in [-0.1, -0.05) is 18.2 Å². The van der Waals surface area contributed by atoms with Crippen molar-refractivity contribution in [3.8, 4) is 11.5 Å². The summed E-state index contributed by atoms with van der Waals surface area (Å²) in [5.41, 5.74) is 1.86. The third-order valence-corrected chi connectivity index (χ3v) is 7.19. The van der Waals surface area contributed by atoms with Crippen molar-refractivity contribution in [2.45, 2.75) is 24.3 Å². The number of benzene rings is 3. The van der Waals surface area contributed by atoms with Gasteiger partial charge in [-0.25, -0.2) is 8.42 Å². The van der Waals surface area contributed by atoms with Crippen LogP contribution in [0.3, 0.4) is 0 Å². The Morgan fingerprint density at radius 2 is 1.66 bits per heavy atom. The maximum Gasteiger partial charge on any atom is 0.262 e. The summed E-state index contributed by atoms with van der Waals surface area (Å²) >= 11 is 0. The van der Waals surface area contributed by atoms with Crippen LogP contribution in [-0.2, 0) is 10.0 Å². The molecule has 3 aromatic carbocycles. The molecule has 184 valence electrons. The number of hydrogen-bond acceptors (Lipinski definition) is 6. The predicted octanol–water partition coefficient (Wildman–Crippen LogP) is 3.90. The highest BCUT2D eigenvalue weighted by Crippen LogP contribution is 2.32. The first-order valence-corrected chi connectivity index (χ1v) is 12.9. The fourth-order valence-electron chi connectivity index (χ4n) is 3.61. The Labute approximate surface area is 205 Å². The number of carbonyl (C=O) groups is 1. The predicted molar refractivity (Wildman–Crippen MR) is 136 cm³/mol. The quantitative estimate of drug-likeness (QED) is 0.492. The first-order chi connectivity index (χ1) is 16.8. The van der Waals surface area contributed by atoms with Crippen molar-refractivity contribution in [3.63, 3.8) is 0 Å². The van der Waals surface area contributed by atoms with Gasteiger partial charge in [0, 0.05) is 49.1 Å². The van der Waals surface area contributed by atoms with E-state index in [1.54, 1.807) is 30.3 Å². The summed E-state index contributed by atoms with van der Waals surface area (Å²) < 4.78 is 39.4. The summed E-state index contributed by atoms with van der Waals surface area (Å²) in [6.45, 7) is 3.49. The van der Waals surface area contributed by atoms with Crippen molar-refractivity contribution in [1.29, 1.82) is 0 Å². The second kappa shape index (κ2) is 10.7. The minimum atomic E-state index is -3.84. The highest BCUT2D eigenvalue weighted by Gasteiger charge is 2.19. The molecule has 0 saturated heterocycles. The van der Waals surface area contributed by atoms with E-state index in [0.29, 0.717) is 42.5 Å². The lowest BCUT2D eigenvalue weighted by Crippen LogP contribution is -2.40. The van der Waals surface area contributed by atoms with Crippen molar-refractivity contribution in [2.75, 3.05) is 36.4 Å². The van der Waals surface area contributed by atoms with Gasteiger partial charge in [0.25, 0.3) is 15.9 Å². The summed E-state index contributed by atoms with van der Waals surface area (Å²) in [4.78, 5) is 14.8. The first kappa shape index (κ1) is 24.4. The van der Waals surface area contributed by atoms with Gasteiger partial charge >= 0.3 is 0 Å². The number of nitrogens with one attached hydrogen (secondary N) is 2. The molecule has 4 rings (SSSR count). The van der Waals surface area contributed by atoms with Crippen LogP contribution in [0.5, 0.6) is 11.5 Å². The largest absolute Gasteiger partial charge is 0.490 e. The number of fused-ring (bicyclic) bond motifs is 1. The van der Waals surface area contributed by atoms with Crippen LogP contribution in [0.2, 0.25) is 0 Å². The normalized spacial score (nSPS) is 13.9. The van der Waals surface area contributed by atoms with Crippen molar-refractivity contribution < 1.29 is 22.7 Å². The number of carbonyl (C=O) groups excluding carboxylic acids is 1. The molecule has 2 N–H and O–H groups in total. The van der Waals surface area contributed by atoms with Crippen LogP contribution in [-0.4, -0.2) is 47.2 Å². The molecule has 0 aliphatic carbocycles. The van der Waals surface area contributed by atoms with E-state index in [9.17, 15) is 13.2 Å². The maximum atomic E-state index is 12.9. The molecular weight excluding hydrogens is 466 g/mol. The molecule has 1 amide bonds. The fourth-order valence-corrected chi connectivity index (χ4v) is 4.69. The van der Waals surface area contributed by atoms with Gasteiger partial charge in [0.2, 0.25) is 0 Å². The van der Waals surface area contributed by atoms with Crippen LogP contribution >= 0.6 is 0 Å². The van der Waals surface area contributed by atoms with E-state index in [2.05, 4.69) is 14.9 Å². The molecule has 0 radical (unpaired) electrons. The van der Waals surface area contributed by atoms with Crippen LogP contribution in [0.4, 0.5) is 11.4 Å². The highest BCUT2D eigenvalue weighted by molar-refractivity contribution is 7.92. The van der Waals surface area contributed by atoms with Gasteiger partial charge in [0.15, 0.2) is 11.5 Å². The van der Waals surface area contributed by atoms with E-state index in [-0.39, 0.29) is 16.8 Å². The van der Waals surface area contributed by atoms with E-state index in [4.69, 9.17) is 9.47 Å². The summed E-state index contributed by atoms with van der Waals surface area (Å²) in [6, 6.07) is 20.9. The van der Waals surface area contributed by atoms with Gasteiger partial charge in [0.05, 0.1) is 18.1 Å². The molecule has 0 fully saturated rings. The Bertz CT molecular complexity index is 1260. The van der Waals surface area contributed by atoms with E-state index >= 15 is 0 Å². The van der Waals surface area contributed by atoms with Gasteiger partial charge in [0.1, 0.15) is 0 Å². The topological polar surface area (TPSA) is 97.0 Å². The van der Waals surface area contributed by atoms with Gasteiger partial charge in [-0.15, -0.1) is 0 Å². The number of amides is 1. The van der Waals surface area contributed by atoms with Crippen molar-refractivity contribution in [2.24, 2.45) is 0 Å². The zero-order valence-corrected chi connectivity index (χ0v) is 20.5. The van der Waals surface area contributed by atoms with Crippen molar-refractivity contribution in [3.05, 3.63) is 78.4 Å². The minimum absolute atomic E-state index is 0.0695. The standard InChI is InChI=1S/C26H29N3O5S/c1-19(29(2)22-7-4-3-5-8-22)18-27-26(30)20-9-11-21(12-10-20)28-35(31,32)23-13-14-24-25(17-23)34-16-6-15-33-24/h3-5,7-14,17,19,28H,6,15-16,18H2,1-2H3,(H,27,30). The van der Waals surface area contributed by atoms with Gasteiger partial charge in [-0.2, -0.15) is 0 Å². The molecule has 1 aliphatic rings. The van der Waals surface area contributed by atoms with Crippen LogP contribution in [0.1, 0.15) is 23.7 Å². The summed E-state index contributed by atoms with van der Waals surface area (Å²) in [7, 11) is -1.86. The Kier molecular flexibility index (Phi) is 7.45. The molecule has 1 unspecified atom stereocenters. The number of hydrogen-bond donors (Lipinski definition) is 2. The third kappa shape index (κ3) is 6.05. The highest BCUT2D eigenvalue weighted by atomic mass is 32.2. The minimum Gasteiger partial charge on any atom is -0.490 e. The number of sulfonamides is 1. The molecule has 35 heavy (non-hydrogen) atoms.